The lowest BCUT2D eigenvalue weighted by Gasteiger charge is -2.20. The number of carbonyl (C=O) groups excluding carboxylic acids is 1. The van der Waals surface area contributed by atoms with Crippen LogP contribution in [-0.2, 0) is 14.6 Å². The molecule has 0 aliphatic rings. The fraction of sp³-hybridized carbons (Fsp3) is 0.500. The zero-order valence-corrected chi connectivity index (χ0v) is 14.3. The molecule has 7 heteroatoms. The number of amides is 1. The summed E-state index contributed by atoms with van der Waals surface area (Å²) in [6, 6.07) is 5.68. The van der Waals surface area contributed by atoms with Crippen molar-refractivity contribution in [3.05, 3.63) is 29.8 Å². The zero-order valence-electron chi connectivity index (χ0n) is 13.5. The van der Waals surface area contributed by atoms with Crippen LogP contribution >= 0.6 is 0 Å². The third-order valence-electron chi connectivity index (χ3n) is 3.33. The summed E-state index contributed by atoms with van der Waals surface area (Å²) in [5.74, 6) is -1.41. The van der Waals surface area contributed by atoms with Gasteiger partial charge in [-0.25, -0.2) is 8.42 Å². The van der Waals surface area contributed by atoms with Crippen molar-refractivity contribution in [3.63, 3.8) is 0 Å². The van der Waals surface area contributed by atoms with Gasteiger partial charge in [0.25, 0.3) is 5.91 Å². The first-order valence-electron chi connectivity index (χ1n) is 7.65. The van der Waals surface area contributed by atoms with Crippen molar-refractivity contribution < 1.29 is 23.1 Å². The van der Waals surface area contributed by atoms with Gasteiger partial charge in [0.2, 0.25) is 0 Å². The van der Waals surface area contributed by atoms with Crippen molar-refractivity contribution in [2.75, 3.05) is 18.8 Å². The third kappa shape index (κ3) is 5.67. The second kappa shape index (κ2) is 8.67. The fourth-order valence-corrected chi connectivity index (χ4v) is 3.58. The summed E-state index contributed by atoms with van der Waals surface area (Å²) in [6.07, 6.45) is 2.02. The highest BCUT2D eigenvalue weighted by atomic mass is 32.2. The van der Waals surface area contributed by atoms with Crippen molar-refractivity contribution in [2.45, 2.75) is 38.0 Å². The maximum absolute atomic E-state index is 12.3. The summed E-state index contributed by atoms with van der Waals surface area (Å²) in [4.78, 5) is 24.6. The first-order valence-corrected chi connectivity index (χ1v) is 9.31. The number of carbonyl (C=O) groups is 2. The van der Waals surface area contributed by atoms with Crippen LogP contribution in [0.4, 0.5) is 0 Å². The normalized spacial score (nSPS) is 11.2. The molecule has 1 rings (SSSR count). The molecule has 0 fully saturated rings. The minimum absolute atomic E-state index is 0.0811. The van der Waals surface area contributed by atoms with E-state index in [9.17, 15) is 18.0 Å². The molecular weight excluding hydrogens is 318 g/mol. The molecule has 1 aromatic rings. The number of benzene rings is 1. The van der Waals surface area contributed by atoms with E-state index >= 15 is 0 Å². The van der Waals surface area contributed by atoms with Gasteiger partial charge >= 0.3 is 5.97 Å². The highest BCUT2D eigenvalue weighted by Crippen LogP contribution is 2.15. The lowest BCUT2D eigenvalue weighted by atomic mass is 10.2. The molecule has 1 aromatic carbocycles. The average Bonchev–Trinajstić information content (AvgIpc) is 2.51. The maximum Gasteiger partial charge on any atom is 0.323 e. The Morgan fingerprint density at radius 2 is 1.70 bits per heavy atom. The molecule has 0 atom stereocenters. The number of rotatable bonds is 9. The second-order valence-electron chi connectivity index (χ2n) is 5.32. The van der Waals surface area contributed by atoms with E-state index in [0.717, 1.165) is 6.42 Å². The Morgan fingerprint density at radius 3 is 2.17 bits per heavy atom. The number of aliphatic carboxylic acids is 1. The van der Waals surface area contributed by atoms with E-state index in [0.29, 0.717) is 19.4 Å². The Morgan fingerprint density at radius 1 is 1.09 bits per heavy atom. The predicted molar refractivity (Wildman–Crippen MR) is 87.2 cm³/mol. The van der Waals surface area contributed by atoms with Crippen LogP contribution < -0.4 is 0 Å². The van der Waals surface area contributed by atoms with Gasteiger partial charge in [-0.05, 0) is 37.1 Å². The number of sulfone groups is 1. The molecule has 128 valence electrons. The van der Waals surface area contributed by atoms with E-state index in [1.807, 2.05) is 13.8 Å². The molecule has 0 aliphatic carbocycles. The Kier molecular flexibility index (Phi) is 7.22. The molecule has 0 unspecified atom stereocenters. The number of hydrogen-bond acceptors (Lipinski definition) is 4. The van der Waals surface area contributed by atoms with Crippen molar-refractivity contribution in [2.24, 2.45) is 0 Å². The third-order valence-corrected chi connectivity index (χ3v) is 5.15. The van der Waals surface area contributed by atoms with E-state index in [1.54, 1.807) is 0 Å². The summed E-state index contributed by atoms with van der Waals surface area (Å²) >= 11 is 0. The fourth-order valence-electron chi connectivity index (χ4n) is 2.13. The number of carboxylic acid groups (broad SMARTS) is 1. The van der Waals surface area contributed by atoms with Gasteiger partial charge in [0.1, 0.15) is 6.54 Å². The summed E-state index contributed by atoms with van der Waals surface area (Å²) < 4.78 is 24.2. The van der Waals surface area contributed by atoms with Gasteiger partial charge in [0.15, 0.2) is 9.84 Å². The van der Waals surface area contributed by atoms with Crippen molar-refractivity contribution in [3.8, 4) is 0 Å². The van der Waals surface area contributed by atoms with E-state index in [-0.39, 0.29) is 22.8 Å². The smallest absolute Gasteiger partial charge is 0.323 e. The molecule has 1 amide bonds. The van der Waals surface area contributed by atoms with Gasteiger partial charge < -0.3 is 10.0 Å². The number of unbranched alkanes of at least 4 members (excludes halogenated alkanes) is 1. The van der Waals surface area contributed by atoms with Gasteiger partial charge in [0, 0.05) is 12.1 Å². The van der Waals surface area contributed by atoms with Gasteiger partial charge in [-0.15, -0.1) is 0 Å². The molecule has 0 saturated carbocycles. The minimum atomic E-state index is -3.33. The van der Waals surface area contributed by atoms with Crippen molar-refractivity contribution in [1.82, 2.24) is 4.90 Å². The predicted octanol–water partition coefficient (Wildman–Crippen LogP) is 2.20. The SMILES string of the molecule is CCCCS(=O)(=O)c1ccc(C(=O)N(CCC)CC(=O)O)cc1. The minimum Gasteiger partial charge on any atom is -0.480 e. The lowest BCUT2D eigenvalue weighted by molar-refractivity contribution is -0.137. The van der Waals surface area contributed by atoms with Gasteiger partial charge in [-0.1, -0.05) is 20.3 Å². The molecular formula is C16H23NO5S. The first-order chi connectivity index (χ1) is 10.8. The molecule has 0 aliphatic heterocycles. The quantitative estimate of drug-likeness (QED) is 0.743. The van der Waals surface area contributed by atoms with Crippen LogP contribution in [0.25, 0.3) is 0 Å². The number of hydrogen-bond donors (Lipinski definition) is 1. The largest absolute Gasteiger partial charge is 0.480 e. The van der Waals surface area contributed by atoms with Crippen molar-refractivity contribution >= 4 is 21.7 Å². The second-order valence-corrected chi connectivity index (χ2v) is 7.43. The summed E-state index contributed by atoms with van der Waals surface area (Å²) in [5.41, 5.74) is 0.286. The van der Waals surface area contributed by atoms with Crippen LogP contribution in [0.15, 0.2) is 29.2 Å². The Labute approximate surface area is 137 Å². The van der Waals surface area contributed by atoms with Crippen LogP contribution in [0.1, 0.15) is 43.5 Å². The van der Waals surface area contributed by atoms with Gasteiger partial charge in [-0.2, -0.15) is 0 Å². The zero-order chi connectivity index (χ0) is 17.5. The van der Waals surface area contributed by atoms with Crippen LogP contribution in [0.2, 0.25) is 0 Å². The molecule has 0 heterocycles. The Hall–Kier alpha value is -1.89. The molecule has 0 bridgehead atoms. The van der Waals surface area contributed by atoms with E-state index in [1.165, 1.54) is 29.2 Å². The molecule has 23 heavy (non-hydrogen) atoms. The first kappa shape index (κ1) is 19.2. The molecule has 0 saturated heterocycles. The highest BCUT2D eigenvalue weighted by Gasteiger charge is 2.19. The summed E-state index contributed by atoms with van der Waals surface area (Å²) in [6.45, 7) is 3.73. The molecule has 1 N–H and O–H groups in total. The highest BCUT2D eigenvalue weighted by molar-refractivity contribution is 7.91. The summed E-state index contributed by atoms with van der Waals surface area (Å²) in [7, 11) is -3.33. The van der Waals surface area contributed by atoms with Crippen LogP contribution in [-0.4, -0.2) is 49.1 Å². The van der Waals surface area contributed by atoms with Crippen LogP contribution in [0, 0.1) is 0 Å². The molecule has 0 radical (unpaired) electrons. The van der Waals surface area contributed by atoms with Gasteiger partial charge in [0.05, 0.1) is 10.6 Å². The van der Waals surface area contributed by atoms with Crippen molar-refractivity contribution in [1.29, 1.82) is 0 Å². The monoisotopic (exact) mass is 341 g/mol. The number of carboxylic acids is 1. The summed E-state index contributed by atoms with van der Waals surface area (Å²) in [5, 5.41) is 8.87. The Balaban J connectivity index is 2.94. The van der Waals surface area contributed by atoms with E-state index in [2.05, 4.69) is 0 Å². The number of nitrogens with zero attached hydrogens (tertiary/aromatic N) is 1. The Bertz CT molecular complexity index is 637. The average molecular weight is 341 g/mol. The van der Waals surface area contributed by atoms with Crippen LogP contribution in [0.3, 0.4) is 0 Å². The maximum atomic E-state index is 12.3. The van der Waals surface area contributed by atoms with E-state index < -0.39 is 21.7 Å². The van der Waals surface area contributed by atoms with Gasteiger partial charge in [-0.3, -0.25) is 9.59 Å². The molecule has 0 spiro atoms. The molecule has 6 nitrogen and oxygen atoms in total. The molecule has 0 aromatic heterocycles. The topological polar surface area (TPSA) is 91.8 Å². The lowest BCUT2D eigenvalue weighted by Crippen LogP contribution is -2.36. The standard InChI is InChI=1S/C16H23NO5S/c1-3-5-11-23(21,22)14-8-6-13(7-9-14)16(20)17(10-4-2)12-15(18)19/h6-9H,3-5,10-12H2,1-2H3,(H,18,19). The van der Waals surface area contributed by atoms with E-state index in [4.69, 9.17) is 5.11 Å². The van der Waals surface area contributed by atoms with Crippen LogP contribution in [0.5, 0.6) is 0 Å².